The van der Waals surface area contributed by atoms with E-state index in [1.165, 1.54) is 0 Å². The molecule has 1 heterocycles. The summed E-state index contributed by atoms with van der Waals surface area (Å²) in [5, 5.41) is 0. The Morgan fingerprint density at radius 2 is 1.47 bits per heavy atom. The zero-order valence-corrected chi connectivity index (χ0v) is 9.41. The minimum atomic E-state index is 0.0383. The molecule has 1 unspecified atom stereocenters. The van der Waals surface area contributed by atoms with Gasteiger partial charge in [-0.3, -0.25) is 4.79 Å². The van der Waals surface area contributed by atoms with E-state index < -0.39 is 0 Å². The number of amides is 1. The van der Waals surface area contributed by atoms with Gasteiger partial charge >= 0.3 is 0 Å². The van der Waals surface area contributed by atoms with E-state index >= 15 is 0 Å². The maximum absolute atomic E-state index is 12.1. The Hall–Kier alpha value is -2.09. The molecule has 0 saturated carbocycles. The average Bonchev–Trinajstić information content (AvgIpc) is 2.40. The minimum Gasteiger partial charge on any atom is -0.311 e. The Labute approximate surface area is 100 Å². The first-order valence-corrected chi connectivity index (χ1v) is 5.77. The summed E-state index contributed by atoms with van der Waals surface area (Å²) in [6.45, 7) is 0.785. The zero-order chi connectivity index (χ0) is 11.7. The van der Waals surface area contributed by atoms with Crippen LogP contribution in [0.3, 0.4) is 0 Å². The number of para-hydroxylation sites is 1. The molecule has 1 aliphatic heterocycles. The topological polar surface area (TPSA) is 20.3 Å². The van der Waals surface area contributed by atoms with Crippen LogP contribution < -0.4 is 4.90 Å². The van der Waals surface area contributed by atoms with Crippen molar-refractivity contribution in [2.75, 3.05) is 11.4 Å². The van der Waals surface area contributed by atoms with E-state index in [1.807, 2.05) is 65.6 Å². The second-order valence-corrected chi connectivity index (χ2v) is 4.25. The van der Waals surface area contributed by atoms with E-state index in [2.05, 4.69) is 0 Å². The van der Waals surface area contributed by atoms with Gasteiger partial charge in [-0.1, -0.05) is 48.5 Å². The molecule has 2 aromatic carbocycles. The third-order valence-corrected chi connectivity index (χ3v) is 3.20. The molecule has 0 bridgehead atoms. The Kier molecular flexibility index (Phi) is 2.41. The standard InChI is InChI=1S/C15H13NO/c17-15-14(12-7-3-1-4-8-12)11-16(15)13-9-5-2-6-10-13/h1-10,14H,11H2. The number of β-lactam (4-membered cyclic amide) rings is 1. The summed E-state index contributed by atoms with van der Waals surface area (Å²) >= 11 is 0. The molecule has 2 heteroatoms. The lowest BCUT2D eigenvalue weighted by molar-refractivity contribution is -0.124. The molecule has 1 aliphatic rings. The highest BCUT2D eigenvalue weighted by atomic mass is 16.2. The molecule has 1 atom stereocenters. The number of benzene rings is 2. The zero-order valence-electron chi connectivity index (χ0n) is 9.41. The van der Waals surface area contributed by atoms with Gasteiger partial charge in [0.15, 0.2) is 0 Å². The minimum absolute atomic E-state index is 0.0383. The third-order valence-electron chi connectivity index (χ3n) is 3.20. The molecule has 2 nitrogen and oxygen atoms in total. The van der Waals surface area contributed by atoms with E-state index in [-0.39, 0.29) is 11.8 Å². The maximum atomic E-state index is 12.1. The Bertz CT molecular complexity index is 474. The van der Waals surface area contributed by atoms with Crippen molar-refractivity contribution < 1.29 is 4.79 Å². The van der Waals surface area contributed by atoms with Gasteiger partial charge in [0.2, 0.25) is 5.91 Å². The predicted octanol–water partition coefficient (Wildman–Crippen LogP) is 2.82. The number of anilines is 1. The van der Waals surface area contributed by atoms with Crippen molar-refractivity contribution in [3.8, 4) is 0 Å². The van der Waals surface area contributed by atoms with Gasteiger partial charge in [-0.05, 0) is 17.7 Å². The van der Waals surface area contributed by atoms with Crippen LogP contribution in [0.2, 0.25) is 0 Å². The van der Waals surface area contributed by atoms with Crippen LogP contribution in [0.15, 0.2) is 60.7 Å². The number of rotatable bonds is 2. The largest absolute Gasteiger partial charge is 0.311 e. The van der Waals surface area contributed by atoms with E-state index in [9.17, 15) is 4.79 Å². The molecule has 1 amide bonds. The van der Waals surface area contributed by atoms with E-state index in [4.69, 9.17) is 0 Å². The van der Waals surface area contributed by atoms with Gasteiger partial charge in [-0.15, -0.1) is 0 Å². The van der Waals surface area contributed by atoms with Gasteiger partial charge in [-0.25, -0.2) is 0 Å². The number of carbonyl (C=O) groups is 1. The first-order valence-electron chi connectivity index (χ1n) is 5.77. The maximum Gasteiger partial charge on any atom is 0.236 e. The van der Waals surface area contributed by atoms with Crippen LogP contribution >= 0.6 is 0 Å². The molecule has 0 aliphatic carbocycles. The Morgan fingerprint density at radius 1 is 0.882 bits per heavy atom. The number of nitrogens with zero attached hydrogens (tertiary/aromatic N) is 1. The molecule has 17 heavy (non-hydrogen) atoms. The van der Waals surface area contributed by atoms with Gasteiger partial charge in [0.25, 0.3) is 0 Å². The molecule has 1 saturated heterocycles. The fourth-order valence-electron chi connectivity index (χ4n) is 2.20. The van der Waals surface area contributed by atoms with Gasteiger partial charge in [0.05, 0.1) is 5.92 Å². The molecule has 2 aromatic rings. The molecular weight excluding hydrogens is 210 g/mol. The summed E-state index contributed by atoms with van der Waals surface area (Å²) in [4.78, 5) is 13.9. The molecule has 1 fully saturated rings. The van der Waals surface area contributed by atoms with Gasteiger partial charge in [-0.2, -0.15) is 0 Å². The van der Waals surface area contributed by atoms with Gasteiger partial charge < -0.3 is 4.90 Å². The van der Waals surface area contributed by atoms with Crippen molar-refractivity contribution >= 4 is 11.6 Å². The van der Waals surface area contributed by atoms with Gasteiger partial charge in [0, 0.05) is 12.2 Å². The Morgan fingerprint density at radius 3 is 2.06 bits per heavy atom. The van der Waals surface area contributed by atoms with E-state index in [1.54, 1.807) is 0 Å². The second kappa shape index (κ2) is 4.06. The van der Waals surface area contributed by atoms with Crippen LogP contribution in [0.5, 0.6) is 0 Å². The fraction of sp³-hybridized carbons (Fsp3) is 0.133. The normalized spacial score (nSPS) is 18.9. The summed E-state index contributed by atoms with van der Waals surface area (Å²) in [5.74, 6) is 0.235. The van der Waals surface area contributed by atoms with Crippen molar-refractivity contribution in [2.45, 2.75) is 5.92 Å². The lowest BCUT2D eigenvalue weighted by Gasteiger charge is -2.38. The molecule has 0 aromatic heterocycles. The van der Waals surface area contributed by atoms with Crippen LogP contribution in [-0.2, 0) is 4.79 Å². The summed E-state index contributed by atoms with van der Waals surface area (Å²) in [7, 11) is 0. The first-order chi connectivity index (χ1) is 8.36. The molecule has 0 spiro atoms. The SMILES string of the molecule is O=C1C(c2ccccc2)CN1c1ccccc1. The fourth-order valence-corrected chi connectivity index (χ4v) is 2.20. The van der Waals surface area contributed by atoms with Crippen LogP contribution in [0, 0.1) is 0 Å². The van der Waals surface area contributed by atoms with E-state index in [0.717, 1.165) is 17.8 Å². The lowest BCUT2D eigenvalue weighted by Crippen LogP contribution is -2.50. The Balaban J connectivity index is 1.79. The summed E-state index contributed by atoms with van der Waals surface area (Å²) in [6.07, 6.45) is 0. The van der Waals surface area contributed by atoms with Crippen LogP contribution in [0.4, 0.5) is 5.69 Å². The quantitative estimate of drug-likeness (QED) is 0.717. The molecular formula is C15H13NO. The second-order valence-electron chi connectivity index (χ2n) is 4.25. The van der Waals surface area contributed by atoms with Crippen molar-refractivity contribution in [1.82, 2.24) is 0 Å². The molecule has 84 valence electrons. The van der Waals surface area contributed by atoms with Crippen LogP contribution in [0.1, 0.15) is 11.5 Å². The number of hydrogen-bond donors (Lipinski definition) is 0. The van der Waals surface area contributed by atoms with Crippen molar-refractivity contribution in [2.24, 2.45) is 0 Å². The summed E-state index contributed by atoms with van der Waals surface area (Å²) in [6, 6.07) is 19.8. The molecule has 0 N–H and O–H groups in total. The number of hydrogen-bond acceptors (Lipinski definition) is 1. The van der Waals surface area contributed by atoms with Crippen LogP contribution in [-0.4, -0.2) is 12.5 Å². The van der Waals surface area contributed by atoms with Crippen molar-refractivity contribution in [3.05, 3.63) is 66.2 Å². The number of carbonyl (C=O) groups excluding carboxylic acids is 1. The summed E-state index contributed by atoms with van der Waals surface area (Å²) < 4.78 is 0. The average molecular weight is 223 g/mol. The van der Waals surface area contributed by atoms with Crippen molar-refractivity contribution in [1.29, 1.82) is 0 Å². The highest BCUT2D eigenvalue weighted by molar-refractivity contribution is 6.04. The smallest absolute Gasteiger partial charge is 0.236 e. The van der Waals surface area contributed by atoms with E-state index in [0.29, 0.717) is 0 Å². The molecule has 3 rings (SSSR count). The highest BCUT2D eigenvalue weighted by Crippen LogP contribution is 2.32. The molecule has 0 radical (unpaired) electrons. The predicted molar refractivity (Wildman–Crippen MR) is 68.0 cm³/mol. The van der Waals surface area contributed by atoms with Crippen molar-refractivity contribution in [3.63, 3.8) is 0 Å². The lowest BCUT2D eigenvalue weighted by atomic mass is 9.90. The van der Waals surface area contributed by atoms with Crippen LogP contribution in [0.25, 0.3) is 0 Å². The third kappa shape index (κ3) is 1.72. The monoisotopic (exact) mass is 223 g/mol. The van der Waals surface area contributed by atoms with Gasteiger partial charge in [0.1, 0.15) is 0 Å². The summed E-state index contributed by atoms with van der Waals surface area (Å²) in [5.41, 5.74) is 2.11. The highest BCUT2D eigenvalue weighted by Gasteiger charge is 2.38. The first kappa shape index (κ1) is 10.1.